The molecule has 0 aliphatic heterocycles. The highest BCUT2D eigenvalue weighted by Gasteiger charge is 2.06. The highest BCUT2D eigenvalue weighted by molar-refractivity contribution is 5.47. The number of hydrogen-bond donors (Lipinski definition) is 1. The molecule has 1 rings (SSSR count). The molecule has 0 heterocycles. The summed E-state index contributed by atoms with van der Waals surface area (Å²) in [7, 11) is 0. The van der Waals surface area contributed by atoms with E-state index in [0.29, 0.717) is 12.2 Å². The van der Waals surface area contributed by atoms with Crippen LogP contribution in [0, 0.1) is 25.2 Å². The molecule has 0 amide bonds. The maximum atomic E-state index is 8.87. The molecule has 1 aromatic rings. The van der Waals surface area contributed by atoms with Gasteiger partial charge in [0.1, 0.15) is 5.75 Å². The third kappa shape index (κ3) is 4.38. The van der Waals surface area contributed by atoms with E-state index in [1.165, 1.54) is 0 Å². The Labute approximate surface area is 110 Å². The van der Waals surface area contributed by atoms with E-state index in [2.05, 4.69) is 18.3 Å². The Kier molecular flexibility index (Phi) is 6.24. The van der Waals surface area contributed by atoms with Crippen molar-refractivity contribution in [3.63, 3.8) is 0 Å². The Morgan fingerprint density at radius 1 is 1.22 bits per heavy atom. The Hall–Kier alpha value is -1.53. The lowest BCUT2D eigenvalue weighted by Gasteiger charge is -2.12. The minimum Gasteiger partial charge on any atom is -0.493 e. The second-order valence-corrected chi connectivity index (χ2v) is 4.50. The van der Waals surface area contributed by atoms with Crippen molar-refractivity contribution in [1.29, 1.82) is 5.26 Å². The van der Waals surface area contributed by atoms with Crippen molar-refractivity contribution in [3.05, 3.63) is 28.8 Å². The molecule has 0 aliphatic rings. The molecule has 0 bridgehead atoms. The number of nitrogens with one attached hydrogen (secondary N) is 1. The van der Waals surface area contributed by atoms with Gasteiger partial charge in [-0.3, -0.25) is 0 Å². The molecule has 18 heavy (non-hydrogen) atoms. The minimum atomic E-state index is 0.696. The van der Waals surface area contributed by atoms with Gasteiger partial charge < -0.3 is 10.1 Å². The lowest BCUT2D eigenvalue weighted by molar-refractivity contribution is 0.304. The second kappa shape index (κ2) is 7.73. The van der Waals surface area contributed by atoms with Gasteiger partial charge in [-0.2, -0.15) is 5.26 Å². The fourth-order valence-electron chi connectivity index (χ4n) is 1.92. The van der Waals surface area contributed by atoms with E-state index in [4.69, 9.17) is 10.00 Å². The lowest BCUT2D eigenvalue weighted by Crippen LogP contribution is -2.18. The summed E-state index contributed by atoms with van der Waals surface area (Å²) in [6, 6.07) is 5.91. The van der Waals surface area contributed by atoms with E-state index in [1.54, 1.807) is 0 Å². The number of nitrogens with zero attached hydrogens (tertiary/aromatic N) is 1. The van der Waals surface area contributed by atoms with Gasteiger partial charge in [-0.1, -0.05) is 6.92 Å². The molecule has 1 aromatic carbocycles. The van der Waals surface area contributed by atoms with Crippen molar-refractivity contribution in [2.75, 3.05) is 19.7 Å². The molecular formula is C15H22N2O. The molecule has 3 heteroatoms. The zero-order valence-electron chi connectivity index (χ0n) is 11.5. The number of hydrogen-bond acceptors (Lipinski definition) is 3. The topological polar surface area (TPSA) is 45.0 Å². The molecule has 1 N–H and O–H groups in total. The first-order valence-electron chi connectivity index (χ1n) is 6.54. The maximum Gasteiger partial charge on any atom is 0.125 e. The van der Waals surface area contributed by atoms with Gasteiger partial charge in [0.15, 0.2) is 0 Å². The van der Waals surface area contributed by atoms with E-state index in [-0.39, 0.29) is 0 Å². The van der Waals surface area contributed by atoms with Gasteiger partial charge in [0.25, 0.3) is 0 Å². The monoisotopic (exact) mass is 246 g/mol. The number of rotatable bonds is 7. The summed E-state index contributed by atoms with van der Waals surface area (Å²) in [4.78, 5) is 0. The van der Waals surface area contributed by atoms with Gasteiger partial charge in [0, 0.05) is 0 Å². The highest BCUT2D eigenvalue weighted by Crippen LogP contribution is 2.24. The maximum absolute atomic E-state index is 8.87. The van der Waals surface area contributed by atoms with Gasteiger partial charge >= 0.3 is 0 Å². The van der Waals surface area contributed by atoms with E-state index >= 15 is 0 Å². The van der Waals surface area contributed by atoms with Crippen LogP contribution in [-0.4, -0.2) is 19.7 Å². The molecule has 0 fully saturated rings. The van der Waals surface area contributed by atoms with Crippen LogP contribution in [0.5, 0.6) is 5.75 Å². The van der Waals surface area contributed by atoms with Crippen LogP contribution in [0.25, 0.3) is 0 Å². The van der Waals surface area contributed by atoms with E-state index in [0.717, 1.165) is 42.8 Å². The fourth-order valence-corrected chi connectivity index (χ4v) is 1.92. The normalized spacial score (nSPS) is 10.1. The predicted molar refractivity (Wildman–Crippen MR) is 73.9 cm³/mol. The summed E-state index contributed by atoms with van der Waals surface area (Å²) < 4.78 is 5.80. The van der Waals surface area contributed by atoms with Crippen LogP contribution in [-0.2, 0) is 0 Å². The molecule has 0 saturated carbocycles. The SMILES string of the molecule is CCCNCCCOc1c(C)cc(C#N)cc1C. The fraction of sp³-hybridized carbons (Fsp3) is 0.533. The summed E-state index contributed by atoms with van der Waals surface area (Å²) >= 11 is 0. The van der Waals surface area contributed by atoms with Gasteiger partial charge in [0.2, 0.25) is 0 Å². The molecule has 0 aliphatic carbocycles. The second-order valence-electron chi connectivity index (χ2n) is 4.50. The van der Waals surface area contributed by atoms with Crippen molar-refractivity contribution >= 4 is 0 Å². The number of benzene rings is 1. The van der Waals surface area contributed by atoms with E-state index < -0.39 is 0 Å². The summed E-state index contributed by atoms with van der Waals surface area (Å²) in [5.41, 5.74) is 2.77. The van der Waals surface area contributed by atoms with Crippen LogP contribution in [0.1, 0.15) is 36.5 Å². The van der Waals surface area contributed by atoms with Crippen molar-refractivity contribution in [2.24, 2.45) is 0 Å². The molecule has 0 unspecified atom stereocenters. The Bertz CT molecular complexity index is 398. The first-order chi connectivity index (χ1) is 8.69. The molecule has 0 radical (unpaired) electrons. The zero-order chi connectivity index (χ0) is 13.4. The third-order valence-corrected chi connectivity index (χ3v) is 2.76. The first-order valence-corrected chi connectivity index (χ1v) is 6.54. The van der Waals surface area contributed by atoms with Crippen LogP contribution in [0.3, 0.4) is 0 Å². The lowest BCUT2D eigenvalue weighted by atomic mass is 10.1. The average molecular weight is 246 g/mol. The van der Waals surface area contributed by atoms with Gasteiger partial charge in [0.05, 0.1) is 18.2 Å². The van der Waals surface area contributed by atoms with Crippen LogP contribution >= 0.6 is 0 Å². The van der Waals surface area contributed by atoms with E-state index in [1.807, 2.05) is 26.0 Å². The van der Waals surface area contributed by atoms with Crippen LogP contribution in [0.4, 0.5) is 0 Å². The summed E-state index contributed by atoms with van der Waals surface area (Å²) in [5.74, 6) is 0.921. The minimum absolute atomic E-state index is 0.696. The average Bonchev–Trinajstić information content (AvgIpc) is 2.35. The van der Waals surface area contributed by atoms with Crippen molar-refractivity contribution in [1.82, 2.24) is 5.32 Å². The summed E-state index contributed by atoms with van der Waals surface area (Å²) in [6.07, 6.45) is 2.16. The molecule has 0 aromatic heterocycles. The number of nitriles is 1. The van der Waals surface area contributed by atoms with Crippen molar-refractivity contribution in [3.8, 4) is 11.8 Å². The highest BCUT2D eigenvalue weighted by atomic mass is 16.5. The zero-order valence-corrected chi connectivity index (χ0v) is 11.5. The largest absolute Gasteiger partial charge is 0.493 e. The van der Waals surface area contributed by atoms with Gasteiger partial charge in [-0.05, 0) is 63.0 Å². The van der Waals surface area contributed by atoms with Gasteiger partial charge in [-0.25, -0.2) is 0 Å². The molecular weight excluding hydrogens is 224 g/mol. The van der Waals surface area contributed by atoms with Crippen molar-refractivity contribution in [2.45, 2.75) is 33.6 Å². The molecule has 3 nitrogen and oxygen atoms in total. The van der Waals surface area contributed by atoms with Crippen LogP contribution in [0.15, 0.2) is 12.1 Å². The molecule has 98 valence electrons. The quantitative estimate of drug-likeness (QED) is 0.752. The Morgan fingerprint density at radius 3 is 2.44 bits per heavy atom. The molecule has 0 atom stereocenters. The number of aryl methyl sites for hydroxylation is 2. The number of ether oxygens (including phenoxy) is 1. The van der Waals surface area contributed by atoms with Crippen molar-refractivity contribution < 1.29 is 4.74 Å². The standard InChI is InChI=1S/C15H22N2O/c1-4-6-17-7-5-8-18-15-12(2)9-14(11-16)10-13(15)3/h9-10,17H,4-8H2,1-3H3. The Balaban J connectivity index is 2.45. The smallest absolute Gasteiger partial charge is 0.125 e. The predicted octanol–water partition coefficient (Wildman–Crippen LogP) is 2.94. The van der Waals surface area contributed by atoms with Gasteiger partial charge in [-0.15, -0.1) is 0 Å². The van der Waals surface area contributed by atoms with E-state index in [9.17, 15) is 0 Å². The summed E-state index contributed by atoms with van der Waals surface area (Å²) in [6.45, 7) is 8.89. The summed E-state index contributed by atoms with van der Waals surface area (Å²) in [5, 5.41) is 12.2. The third-order valence-electron chi connectivity index (χ3n) is 2.76. The molecule has 0 spiro atoms. The Morgan fingerprint density at radius 2 is 1.89 bits per heavy atom. The molecule has 0 saturated heterocycles. The van der Waals surface area contributed by atoms with Crippen LogP contribution in [0.2, 0.25) is 0 Å². The first kappa shape index (κ1) is 14.5. The van der Waals surface area contributed by atoms with Crippen LogP contribution < -0.4 is 10.1 Å².